The fourth-order valence-corrected chi connectivity index (χ4v) is 3.36. The maximum Gasteiger partial charge on any atom is 0.178 e. The molecule has 4 N–H and O–H groups in total. The van der Waals surface area contributed by atoms with Gasteiger partial charge < -0.3 is 16.4 Å². The first-order chi connectivity index (χ1) is 12.7. The van der Waals surface area contributed by atoms with Crippen LogP contribution in [-0.2, 0) is 0 Å². The second-order valence-corrected chi connectivity index (χ2v) is 6.68. The van der Waals surface area contributed by atoms with E-state index in [1.165, 1.54) is 0 Å². The number of fused-ring (bicyclic) bond motifs is 1. The van der Waals surface area contributed by atoms with Gasteiger partial charge in [-0.05, 0) is 37.8 Å². The topological polar surface area (TPSA) is 104 Å². The second kappa shape index (κ2) is 7.02. The Labute approximate surface area is 151 Å². The summed E-state index contributed by atoms with van der Waals surface area (Å²) in [5, 5.41) is 20.8. The number of para-hydroxylation sites is 1. The highest BCUT2D eigenvalue weighted by atomic mass is 15.3. The number of nitriles is 1. The van der Waals surface area contributed by atoms with E-state index < -0.39 is 0 Å². The van der Waals surface area contributed by atoms with Gasteiger partial charge in [0.1, 0.15) is 11.9 Å². The molecule has 0 amide bonds. The summed E-state index contributed by atoms with van der Waals surface area (Å²) in [6.45, 7) is 0. The van der Waals surface area contributed by atoms with Crippen LogP contribution in [0.2, 0.25) is 0 Å². The number of hydrogen-bond donors (Lipinski definition) is 3. The van der Waals surface area contributed by atoms with Gasteiger partial charge in [-0.3, -0.25) is 0 Å². The first kappa shape index (κ1) is 16.4. The lowest BCUT2D eigenvalue weighted by Crippen LogP contribution is -2.33. The zero-order valence-corrected chi connectivity index (χ0v) is 14.4. The molecule has 1 aromatic carbocycles. The van der Waals surface area contributed by atoms with Gasteiger partial charge in [0.2, 0.25) is 0 Å². The Morgan fingerprint density at radius 1 is 1.15 bits per heavy atom. The number of nitrogens with two attached hydrogens (primary N) is 1. The third kappa shape index (κ3) is 3.32. The number of rotatable bonds is 4. The smallest absolute Gasteiger partial charge is 0.178 e. The highest BCUT2D eigenvalue weighted by Crippen LogP contribution is 2.26. The SMILES string of the molecule is N#Cc1cnc2c(Nc3ccccc3)cc(NC3CCC(N)CC3)nn12. The van der Waals surface area contributed by atoms with Crippen LogP contribution in [0.5, 0.6) is 0 Å². The number of imidazole rings is 1. The van der Waals surface area contributed by atoms with Crippen LogP contribution in [0.15, 0.2) is 42.6 Å². The van der Waals surface area contributed by atoms with Crippen LogP contribution < -0.4 is 16.4 Å². The maximum absolute atomic E-state index is 9.34. The first-order valence-electron chi connectivity index (χ1n) is 8.86. The number of anilines is 3. The summed E-state index contributed by atoms with van der Waals surface area (Å²) in [7, 11) is 0. The molecule has 2 heterocycles. The van der Waals surface area contributed by atoms with E-state index >= 15 is 0 Å². The summed E-state index contributed by atoms with van der Waals surface area (Å²) in [6, 6.07) is 14.6. The molecule has 0 atom stereocenters. The molecule has 3 aromatic rings. The van der Waals surface area contributed by atoms with Crippen molar-refractivity contribution in [1.29, 1.82) is 5.26 Å². The van der Waals surface area contributed by atoms with Crippen molar-refractivity contribution in [2.24, 2.45) is 5.73 Å². The summed E-state index contributed by atoms with van der Waals surface area (Å²) in [6.07, 6.45) is 5.63. The number of aromatic nitrogens is 3. The highest BCUT2D eigenvalue weighted by molar-refractivity contribution is 5.76. The van der Waals surface area contributed by atoms with Gasteiger partial charge in [-0.1, -0.05) is 18.2 Å². The van der Waals surface area contributed by atoms with Gasteiger partial charge in [0.15, 0.2) is 11.3 Å². The molecule has 7 nitrogen and oxygen atoms in total. The average molecular weight is 347 g/mol. The summed E-state index contributed by atoms with van der Waals surface area (Å²) >= 11 is 0. The second-order valence-electron chi connectivity index (χ2n) is 6.68. The van der Waals surface area contributed by atoms with Crippen molar-refractivity contribution in [3.8, 4) is 6.07 Å². The summed E-state index contributed by atoms with van der Waals surface area (Å²) in [4.78, 5) is 4.35. The van der Waals surface area contributed by atoms with E-state index in [9.17, 15) is 5.26 Å². The molecule has 2 aromatic heterocycles. The van der Waals surface area contributed by atoms with E-state index in [1.807, 2.05) is 36.4 Å². The standard InChI is InChI=1S/C19H21N7/c20-11-16-12-22-19-17(23-14-4-2-1-3-5-14)10-18(25-26(16)19)24-15-8-6-13(21)7-9-15/h1-5,10,12-13,15,23H,6-9,21H2,(H,24,25). The molecule has 0 saturated heterocycles. The van der Waals surface area contributed by atoms with Gasteiger partial charge in [-0.25, -0.2) is 4.98 Å². The maximum atomic E-state index is 9.34. The van der Waals surface area contributed by atoms with Crippen molar-refractivity contribution in [3.63, 3.8) is 0 Å². The Kier molecular flexibility index (Phi) is 4.42. The van der Waals surface area contributed by atoms with Crippen molar-refractivity contribution in [2.45, 2.75) is 37.8 Å². The van der Waals surface area contributed by atoms with E-state index in [1.54, 1.807) is 10.7 Å². The fourth-order valence-electron chi connectivity index (χ4n) is 3.36. The van der Waals surface area contributed by atoms with E-state index in [0.29, 0.717) is 23.4 Å². The lowest BCUT2D eigenvalue weighted by atomic mass is 9.92. The van der Waals surface area contributed by atoms with Crippen molar-refractivity contribution < 1.29 is 0 Å². The predicted molar refractivity (Wildman–Crippen MR) is 101 cm³/mol. The molecule has 7 heteroatoms. The summed E-state index contributed by atoms with van der Waals surface area (Å²) in [5.74, 6) is 0.728. The Morgan fingerprint density at radius 3 is 2.65 bits per heavy atom. The molecule has 1 fully saturated rings. The molecule has 0 unspecified atom stereocenters. The van der Waals surface area contributed by atoms with E-state index in [2.05, 4.69) is 26.8 Å². The van der Waals surface area contributed by atoms with Crippen molar-refractivity contribution in [2.75, 3.05) is 10.6 Å². The largest absolute Gasteiger partial charge is 0.366 e. The van der Waals surface area contributed by atoms with Crippen LogP contribution >= 0.6 is 0 Å². The number of nitrogens with zero attached hydrogens (tertiary/aromatic N) is 4. The molecule has 0 radical (unpaired) electrons. The highest BCUT2D eigenvalue weighted by Gasteiger charge is 2.20. The minimum atomic E-state index is 0.303. The Hall–Kier alpha value is -3.11. The Balaban J connectivity index is 1.68. The predicted octanol–water partition coefficient (Wildman–Crippen LogP) is 3.03. The fraction of sp³-hybridized carbons (Fsp3) is 0.316. The monoisotopic (exact) mass is 347 g/mol. The van der Waals surface area contributed by atoms with E-state index in [4.69, 9.17) is 5.73 Å². The lowest BCUT2D eigenvalue weighted by molar-refractivity contribution is 0.410. The van der Waals surface area contributed by atoms with Crippen LogP contribution in [0.4, 0.5) is 17.2 Å². The van der Waals surface area contributed by atoms with E-state index in [-0.39, 0.29) is 0 Å². The molecule has 0 aliphatic heterocycles. The minimum Gasteiger partial charge on any atom is -0.366 e. The first-order valence-corrected chi connectivity index (χ1v) is 8.86. The van der Waals surface area contributed by atoms with Crippen LogP contribution in [0.25, 0.3) is 5.65 Å². The third-order valence-electron chi connectivity index (χ3n) is 4.76. The zero-order valence-electron chi connectivity index (χ0n) is 14.4. The van der Waals surface area contributed by atoms with Gasteiger partial charge in [-0.15, -0.1) is 5.10 Å². The van der Waals surface area contributed by atoms with Gasteiger partial charge in [0.05, 0.1) is 11.9 Å². The van der Waals surface area contributed by atoms with Gasteiger partial charge in [0, 0.05) is 23.8 Å². The van der Waals surface area contributed by atoms with E-state index in [0.717, 1.165) is 42.9 Å². The lowest BCUT2D eigenvalue weighted by Gasteiger charge is -2.27. The molecule has 0 bridgehead atoms. The van der Waals surface area contributed by atoms with Crippen LogP contribution in [-0.4, -0.2) is 26.7 Å². The molecule has 1 saturated carbocycles. The zero-order chi connectivity index (χ0) is 17.9. The van der Waals surface area contributed by atoms with Gasteiger partial charge in [0.25, 0.3) is 0 Å². The van der Waals surface area contributed by atoms with Gasteiger partial charge >= 0.3 is 0 Å². The van der Waals surface area contributed by atoms with Crippen LogP contribution in [0, 0.1) is 11.3 Å². The quantitative estimate of drug-likeness (QED) is 0.670. The van der Waals surface area contributed by atoms with Crippen LogP contribution in [0.1, 0.15) is 31.4 Å². The molecule has 132 valence electrons. The van der Waals surface area contributed by atoms with Crippen molar-refractivity contribution in [1.82, 2.24) is 14.6 Å². The molecule has 1 aliphatic carbocycles. The third-order valence-corrected chi connectivity index (χ3v) is 4.76. The summed E-state index contributed by atoms with van der Waals surface area (Å²) in [5.41, 5.74) is 8.79. The molecular formula is C19H21N7. The molecule has 26 heavy (non-hydrogen) atoms. The Morgan fingerprint density at radius 2 is 1.92 bits per heavy atom. The Bertz CT molecular complexity index is 934. The van der Waals surface area contributed by atoms with Crippen molar-refractivity contribution in [3.05, 3.63) is 48.3 Å². The minimum absolute atomic E-state index is 0.303. The normalized spacial score (nSPS) is 19.8. The van der Waals surface area contributed by atoms with Crippen LogP contribution in [0.3, 0.4) is 0 Å². The average Bonchev–Trinajstić information content (AvgIpc) is 3.08. The molecule has 4 rings (SSSR count). The summed E-state index contributed by atoms with van der Waals surface area (Å²) < 4.78 is 1.59. The van der Waals surface area contributed by atoms with Crippen molar-refractivity contribution >= 4 is 22.8 Å². The van der Waals surface area contributed by atoms with Gasteiger partial charge in [-0.2, -0.15) is 9.78 Å². The number of nitrogens with one attached hydrogen (secondary N) is 2. The molecule has 0 spiro atoms. The molecular weight excluding hydrogens is 326 g/mol. The number of hydrogen-bond acceptors (Lipinski definition) is 6. The number of benzene rings is 1. The molecule has 1 aliphatic rings.